The normalized spacial score (nSPS) is 11.2. The number of ether oxygens (including phenoxy) is 1. The van der Waals surface area contributed by atoms with Gasteiger partial charge in [0.2, 0.25) is 0 Å². The van der Waals surface area contributed by atoms with E-state index in [2.05, 4.69) is 5.32 Å². The Hall–Kier alpha value is -1.58. The summed E-state index contributed by atoms with van der Waals surface area (Å²) in [5.74, 6) is -0.209. The van der Waals surface area contributed by atoms with Gasteiger partial charge in [-0.25, -0.2) is 9.18 Å². The van der Waals surface area contributed by atoms with Crippen LogP contribution in [0.3, 0.4) is 0 Å². The molecule has 0 saturated carbocycles. The van der Waals surface area contributed by atoms with Crippen molar-refractivity contribution in [1.29, 1.82) is 0 Å². The van der Waals surface area contributed by atoms with Gasteiger partial charge in [0, 0.05) is 6.54 Å². The maximum atomic E-state index is 13.0. The third-order valence-corrected chi connectivity index (χ3v) is 2.30. The number of hydrogen-bond acceptors (Lipinski definition) is 2. The first-order chi connectivity index (χ1) is 8.28. The highest BCUT2D eigenvalue weighted by Crippen LogP contribution is 2.10. The summed E-state index contributed by atoms with van der Waals surface area (Å²) in [6.45, 7) is 7.64. The van der Waals surface area contributed by atoms with Gasteiger partial charge in [0.25, 0.3) is 0 Å². The Balaban J connectivity index is 2.38. The highest BCUT2D eigenvalue weighted by Gasteiger charge is 2.15. The number of alkyl carbamates (subject to hydrolysis) is 1. The summed E-state index contributed by atoms with van der Waals surface area (Å²) in [7, 11) is 0. The molecule has 0 aliphatic carbocycles. The fraction of sp³-hybridized carbons (Fsp3) is 0.500. The monoisotopic (exact) mass is 253 g/mol. The Bertz CT molecular complexity index is 424. The third kappa shape index (κ3) is 5.17. The minimum Gasteiger partial charge on any atom is -0.444 e. The summed E-state index contributed by atoms with van der Waals surface area (Å²) >= 11 is 0. The molecule has 1 amide bonds. The van der Waals surface area contributed by atoms with Crippen molar-refractivity contribution in [2.75, 3.05) is 6.54 Å². The molecule has 0 aromatic heterocycles. The van der Waals surface area contributed by atoms with Gasteiger partial charge in [0.05, 0.1) is 0 Å². The van der Waals surface area contributed by atoms with Crippen LogP contribution in [-0.4, -0.2) is 18.2 Å². The summed E-state index contributed by atoms with van der Waals surface area (Å²) in [5, 5.41) is 2.67. The van der Waals surface area contributed by atoms with Gasteiger partial charge >= 0.3 is 6.09 Å². The van der Waals surface area contributed by atoms with Crippen molar-refractivity contribution in [1.82, 2.24) is 5.32 Å². The van der Waals surface area contributed by atoms with Crippen LogP contribution in [0, 0.1) is 12.7 Å². The largest absolute Gasteiger partial charge is 0.444 e. The Morgan fingerprint density at radius 3 is 2.61 bits per heavy atom. The number of carbonyl (C=O) groups excluding carboxylic acids is 1. The number of benzene rings is 1. The van der Waals surface area contributed by atoms with Crippen LogP contribution in [0.4, 0.5) is 9.18 Å². The zero-order chi connectivity index (χ0) is 13.8. The summed E-state index contributed by atoms with van der Waals surface area (Å²) in [4.78, 5) is 11.4. The molecule has 0 spiro atoms. The van der Waals surface area contributed by atoms with E-state index in [4.69, 9.17) is 4.74 Å². The van der Waals surface area contributed by atoms with Crippen LogP contribution in [0.15, 0.2) is 18.2 Å². The average Bonchev–Trinajstić information content (AvgIpc) is 2.20. The Kier molecular flexibility index (Phi) is 4.70. The number of halogens is 1. The topological polar surface area (TPSA) is 38.3 Å². The summed E-state index contributed by atoms with van der Waals surface area (Å²) in [6.07, 6.45) is 0.224. The molecular formula is C14H20FNO2. The van der Waals surface area contributed by atoms with E-state index in [1.165, 1.54) is 6.07 Å². The van der Waals surface area contributed by atoms with E-state index in [1.54, 1.807) is 19.1 Å². The van der Waals surface area contributed by atoms with Crippen molar-refractivity contribution in [2.45, 2.75) is 39.7 Å². The van der Waals surface area contributed by atoms with Crippen molar-refractivity contribution >= 4 is 6.09 Å². The molecule has 0 atom stereocenters. The molecule has 0 aliphatic rings. The second-order valence-electron chi connectivity index (χ2n) is 5.26. The first kappa shape index (κ1) is 14.5. The Morgan fingerprint density at radius 2 is 2.06 bits per heavy atom. The SMILES string of the molecule is Cc1cc(CCNC(=O)OC(C)(C)C)ccc1F. The number of rotatable bonds is 3. The zero-order valence-corrected chi connectivity index (χ0v) is 11.3. The predicted octanol–water partition coefficient (Wildman–Crippen LogP) is 3.20. The van der Waals surface area contributed by atoms with Crippen molar-refractivity contribution in [3.8, 4) is 0 Å². The van der Waals surface area contributed by atoms with Gasteiger partial charge in [-0.2, -0.15) is 0 Å². The number of amides is 1. The molecule has 0 saturated heterocycles. The first-order valence-electron chi connectivity index (χ1n) is 6.00. The van der Waals surface area contributed by atoms with Crippen LogP contribution < -0.4 is 5.32 Å². The van der Waals surface area contributed by atoms with Crippen molar-refractivity contribution in [3.63, 3.8) is 0 Å². The molecular weight excluding hydrogens is 233 g/mol. The molecule has 1 rings (SSSR count). The van der Waals surface area contributed by atoms with Crippen LogP contribution >= 0.6 is 0 Å². The van der Waals surface area contributed by atoms with Gasteiger partial charge in [-0.1, -0.05) is 12.1 Å². The van der Waals surface area contributed by atoms with E-state index < -0.39 is 11.7 Å². The van der Waals surface area contributed by atoms with E-state index in [9.17, 15) is 9.18 Å². The summed E-state index contributed by atoms with van der Waals surface area (Å²) in [6, 6.07) is 4.95. The van der Waals surface area contributed by atoms with Crippen molar-refractivity contribution < 1.29 is 13.9 Å². The fourth-order valence-corrected chi connectivity index (χ4v) is 1.49. The predicted molar refractivity (Wildman–Crippen MR) is 69.1 cm³/mol. The Morgan fingerprint density at radius 1 is 1.39 bits per heavy atom. The van der Waals surface area contributed by atoms with Gasteiger partial charge in [-0.05, 0) is 51.3 Å². The molecule has 0 heterocycles. The number of nitrogens with one attached hydrogen (secondary N) is 1. The van der Waals surface area contributed by atoms with E-state index in [0.29, 0.717) is 18.5 Å². The average molecular weight is 253 g/mol. The third-order valence-electron chi connectivity index (χ3n) is 2.30. The van der Waals surface area contributed by atoms with Gasteiger partial charge in [-0.3, -0.25) is 0 Å². The highest BCUT2D eigenvalue weighted by molar-refractivity contribution is 5.67. The second kappa shape index (κ2) is 5.85. The minimum absolute atomic E-state index is 0.209. The van der Waals surface area contributed by atoms with Gasteiger partial charge in [0.1, 0.15) is 11.4 Å². The molecule has 0 bridgehead atoms. The van der Waals surface area contributed by atoms with Crippen molar-refractivity contribution in [3.05, 3.63) is 35.1 Å². The lowest BCUT2D eigenvalue weighted by molar-refractivity contribution is 0.0528. The van der Waals surface area contributed by atoms with Gasteiger partial charge in [0.15, 0.2) is 0 Å². The first-order valence-corrected chi connectivity index (χ1v) is 6.00. The number of hydrogen-bond donors (Lipinski definition) is 1. The molecule has 0 aliphatic heterocycles. The van der Waals surface area contributed by atoms with Gasteiger partial charge in [-0.15, -0.1) is 0 Å². The highest BCUT2D eigenvalue weighted by atomic mass is 19.1. The molecule has 0 unspecified atom stereocenters. The maximum Gasteiger partial charge on any atom is 0.407 e. The summed E-state index contributed by atoms with van der Waals surface area (Å²) < 4.78 is 18.2. The molecule has 3 nitrogen and oxygen atoms in total. The molecule has 18 heavy (non-hydrogen) atoms. The standard InChI is InChI=1S/C14H20FNO2/c1-10-9-11(5-6-12(10)15)7-8-16-13(17)18-14(2,3)4/h5-6,9H,7-8H2,1-4H3,(H,16,17). The van der Waals surface area contributed by atoms with Crippen LogP contribution in [0.5, 0.6) is 0 Å². The lowest BCUT2D eigenvalue weighted by Crippen LogP contribution is -2.33. The van der Waals surface area contributed by atoms with Crippen LogP contribution in [0.1, 0.15) is 31.9 Å². The molecule has 0 radical (unpaired) electrons. The minimum atomic E-state index is -0.490. The molecule has 1 aromatic rings. The summed E-state index contributed by atoms with van der Waals surface area (Å²) in [5.41, 5.74) is 1.12. The molecule has 1 N–H and O–H groups in total. The van der Waals surface area contributed by atoms with Gasteiger partial charge < -0.3 is 10.1 Å². The molecule has 1 aromatic carbocycles. The zero-order valence-electron chi connectivity index (χ0n) is 11.3. The van der Waals surface area contributed by atoms with Crippen LogP contribution in [0.25, 0.3) is 0 Å². The second-order valence-corrected chi connectivity index (χ2v) is 5.26. The fourth-order valence-electron chi connectivity index (χ4n) is 1.49. The molecule has 4 heteroatoms. The van der Waals surface area contributed by atoms with Crippen molar-refractivity contribution in [2.24, 2.45) is 0 Å². The molecule has 0 fully saturated rings. The van der Waals surface area contributed by atoms with E-state index in [1.807, 2.05) is 20.8 Å². The molecule has 100 valence electrons. The lowest BCUT2D eigenvalue weighted by Gasteiger charge is -2.19. The van der Waals surface area contributed by atoms with E-state index in [-0.39, 0.29) is 5.82 Å². The Labute approximate surface area is 107 Å². The maximum absolute atomic E-state index is 13.0. The van der Waals surface area contributed by atoms with E-state index in [0.717, 1.165) is 5.56 Å². The number of aryl methyl sites for hydroxylation is 1. The van der Waals surface area contributed by atoms with Crippen LogP contribution in [0.2, 0.25) is 0 Å². The smallest absolute Gasteiger partial charge is 0.407 e. The van der Waals surface area contributed by atoms with E-state index >= 15 is 0 Å². The lowest BCUT2D eigenvalue weighted by atomic mass is 10.1. The number of carbonyl (C=O) groups is 1. The quantitative estimate of drug-likeness (QED) is 0.898. The van der Waals surface area contributed by atoms with Crippen LogP contribution in [-0.2, 0) is 11.2 Å².